The standard InChI is InChI=1S/C19H32N2O6/c1-18(2,3)27-15(22)19(10-6-5-7-11-19)20-16(23)26-14-8-12-21(13-9-14)17(24)25-4/h14H,5-13H2,1-4H3,(H,20,23). The van der Waals surface area contributed by atoms with E-state index in [1.807, 2.05) is 20.8 Å². The summed E-state index contributed by atoms with van der Waals surface area (Å²) in [7, 11) is 1.35. The Hall–Kier alpha value is -1.99. The summed E-state index contributed by atoms with van der Waals surface area (Å²) in [6.45, 7) is 6.39. The molecular formula is C19H32N2O6. The van der Waals surface area contributed by atoms with E-state index in [0.29, 0.717) is 38.8 Å². The van der Waals surface area contributed by atoms with Crippen LogP contribution in [0.1, 0.15) is 65.7 Å². The number of carbonyl (C=O) groups excluding carboxylic acids is 3. The smallest absolute Gasteiger partial charge is 0.409 e. The lowest BCUT2D eigenvalue weighted by Crippen LogP contribution is -2.58. The van der Waals surface area contributed by atoms with Gasteiger partial charge in [0, 0.05) is 25.9 Å². The second-order valence-corrected chi connectivity index (χ2v) is 8.33. The molecule has 0 atom stereocenters. The highest BCUT2D eigenvalue weighted by Crippen LogP contribution is 2.31. The van der Waals surface area contributed by atoms with Gasteiger partial charge in [-0.05, 0) is 33.6 Å². The molecule has 0 aromatic heterocycles. The normalized spacial score (nSPS) is 20.5. The van der Waals surface area contributed by atoms with Gasteiger partial charge in [-0.3, -0.25) is 0 Å². The summed E-state index contributed by atoms with van der Waals surface area (Å²) in [5.41, 5.74) is -1.64. The molecule has 8 heteroatoms. The highest BCUT2D eigenvalue weighted by molar-refractivity contribution is 5.86. The van der Waals surface area contributed by atoms with Crippen molar-refractivity contribution in [2.45, 2.75) is 83.0 Å². The lowest BCUT2D eigenvalue weighted by atomic mass is 9.81. The van der Waals surface area contributed by atoms with E-state index in [9.17, 15) is 14.4 Å². The third-order valence-electron chi connectivity index (χ3n) is 4.99. The molecule has 1 aliphatic heterocycles. The number of rotatable bonds is 3. The van der Waals surface area contributed by atoms with Crippen molar-refractivity contribution < 1.29 is 28.6 Å². The third-order valence-corrected chi connectivity index (χ3v) is 4.99. The van der Waals surface area contributed by atoms with Crippen molar-refractivity contribution in [3.05, 3.63) is 0 Å². The average molecular weight is 384 g/mol. The topological polar surface area (TPSA) is 94.2 Å². The van der Waals surface area contributed by atoms with Crippen molar-refractivity contribution in [2.75, 3.05) is 20.2 Å². The summed E-state index contributed by atoms with van der Waals surface area (Å²) >= 11 is 0. The number of carbonyl (C=O) groups is 3. The molecule has 1 N–H and O–H groups in total. The molecule has 1 saturated carbocycles. The maximum absolute atomic E-state index is 12.8. The summed E-state index contributed by atoms with van der Waals surface area (Å²) in [5.74, 6) is -0.396. The Bertz CT molecular complexity index is 543. The first-order valence-corrected chi connectivity index (χ1v) is 9.70. The Balaban J connectivity index is 1.92. The molecule has 8 nitrogen and oxygen atoms in total. The predicted molar refractivity (Wildman–Crippen MR) is 98.3 cm³/mol. The average Bonchev–Trinajstić information content (AvgIpc) is 2.61. The largest absolute Gasteiger partial charge is 0.458 e. The zero-order chi connectivity index (χ0) is 20.1. The van der Waals surface area contributed by atoms with Crippen molar-refractivity contribution >= 4 is 18.2 Å². The van der Waals surface area contributed by atoms with E-state index in [2.05, 4.69) is 5.32 Å². The summed E-state index contributed by atoms with van der Waals surface area (Å²) in [5, 5.41) is 2.81. The number of hydrogen-bond acceptors (Lipinski definition) is 6. The minimum atomic E-state index is -1.02. The van der Waals surface area contributed by atoms with Crippen LogP contribution in [-0.4, -0.2) is 60.5 Å². The quantitative estimate of drug-likeness (QED) is 0.594. The summed E-state index contributed by atoms with van der Waals surface area (Å²) in [4.78, 5) is 38.4. The zero-order valence-electron chi connectivity index (χ0n) is 16.8. The van der Waals surface area contributed by atoms with Crippen LogP contribution < -0.4 is 5.32 Å². The van der Waals surface area contributed by atoms with Crippen LogP contribution in [0.15, 0.2) is 0 Å². The second-order valence-electron chi connectivity index (χ2n) is 8.33. The molecule has 0 aromatic rings. The third kappa shape index (κ3) is 6.01. The maximum atomic E-state index is 12.8. The van der Waals surface area contributed by atoms with Gasteiger partial charge in [0.25, 0.3) is 0 Å². The lowest BCUT2D eigenvalue weighted by Gasteiger charge is -2.38. The Morgan fingerprint density at radius 3 is 2.15 bits per heavy atom. The van der Waals surface area contributed by atoms with Crippen LogP contribution in [0.2, 0.25) is 0 Å². The molecule has 27 heavy (non-hydrogen) atoms. The van der Waals surface area contributed by atoms with Gasteiger partial charge < -0.3 is 24.4 Å². The maximum Gasteiger partial charge on any atom is 0.409 e. The van der Waals surface area contributed by atoms with Gasteiger partial charge in [0.2, 0.25) is 0 Å². The molecule has 2 rings (SSSR count). The number of nitrogens with zero attached hydrogens (tertiary/aromatic N) is 1. The molecule has 2 aliphatic rings. The number of piperidine rings is 1. The minimum Gasteiger partial charge on any atom is -0.458 e. The van der Waals surface area contributed by atoms with Crippen molar-refractivity contribution in [1.82, 2.24) is 10.2 Å². The van der Waals surface area contributed by atoms with Gasteiger partial charge in [0.1, 0.15) is 17.2 Å². The number of likely N-dealkylation sites (tertiary alicyclic amines) is 1. The van der Waals surface area contributed by atoms with E-state index in [1.165, 1.54) is 7.11 Å². The first kappa shape index (κ1) is 21.3. The Morgan fingerprint density at radius 2 is 1.63 bits per heavy atom. The monoisotopic (exact) mass is 384 g/mol. The number of amides is 2. The first-order chi connectivity index (χ1) is 12.6. The number of nitrogens with one attached hydrogen (secondary N) is 1. The molecule has 2 amide bonds. The molecule has 1 saturated heterocycles. The predicted octanol–water partition coefficient (Wildman–Crippen LogP) is 2.99. The summed E-state index contributed by atoms with van der Waals surface area (Å²) in [6.07, 6.45) is 3.69. The fraction of sp³-hybridized carbons (Fsp3) is 0.842. The van der Waals surface area contributed by atoms with Gasteiger partial charge in [-0.2, -0.15) is 0 Å². The molecule has 0 bridgehead atoms. The van der Waals surface area contributed by atoms with Gasteiger partial charge in [-0.1, -0.05) is 19.3 Å². The van der Waals surface area contributed by atoms with Crippen LogP contribution in [0.5, 0.6) is 0 Å². The fourth-order valence-electron chi connectivity index (χ4n) is 3.57. The van der Waals surface area contributed by atoms with E-state index in [4.69, 9.17) is 14.2 Å². The Kier molecular flexibility index (Phi) is 6.95. The Morgan fingerprint density at radius 1 is 1.04 bits per heavy atom. The van der Waals surface area contributed by atoms with Crippen LogP contribution >= 0.6 is 0 Å². The molecular weight excluding hydrogens is 352 g/mol. The summed E-state index contributed by atoms with van der Waals surface area (Å²) in [6, 6.07) is 0. The SMILES string of the molecule is COC(=O)N1CCC(OC(=O)NC2(C(=O)OC(C)(C)C)CCCCC2)CC1. The molecule has 0 aromatic carbocycles. The number of hydrogen-bond donors (Lipinski definition) is 1. The van der Waals surface area contributed by atoms with E-state index in [0.717, 1.165) is 19.3 Å². The van der Waals surface area contributed by atoms with Gasteiger partial charge in [0.15, 0.2) is 0 Å². The summed E-state index contributed by atoms with van der Waals surface area (Å²) < 4.78 is 15.8. The fourth-order valence-corrected chi connectivity index (χ4v) is 3.57. The van der Waals surface area contributed by atoms with Crippen LogP contribution in [0.25, 0.3) is 0 Å². The number of ether oxygens (including phenoxy) is 3. The number of esters is 1. The van der Waals surface area contributed by atoms with Crippen molar-refractivity contribution in [1.29, 1.82) is 0 Å². The highest BCUT2D eigenvalue weighted by atomic mass is 16.6. The first-order valence-electron chi connectivity index (χ1n) is 9.70. The van der Waals surface area contributed by atoms with Gasteiger partial charge >= 0.3 is 18.2 Å². The van der Waals surface area contributed by atoms with Crippen LogP contribution in [-0.2, 0) is 19.0 Å². The number of methoxy groups -OCH3 is 1. The van der Waals surface area contributed by atoms with E-state index < -0.39 is 23.2 Å². The molecule has 2 fully saturated rings. The van der Waals surface area contributed by atoms with E-state index in [1.54, 1.807) is 4.90 Å². The molecule has 1 heterocycles. The molecule has 1 aliphatic carbocycles. The highest BCUT2D eigenvalue weighted by Gasteiger charge is 2.44. The molecule has 0 radical (unpaired) electrons. The van der Waals surface area contributed by atoms with Gasteiger partial charge in [-0.15, -0.1) is 0 Å². The van der Waals surface area contributed by atoms with Crippen LogP contribution in [0.3, 0.4) is 0 Å². The van der Waals surface area contributed by atoms with Crippen molar-refractivity contribution in [3.8, 4) is 0 Å². The van der Waals surface area contributed by atoms with Crippen molar-refractivity contribution in [3.63, 3.8) is 0 Å². The Labute approximate surface area is 160 Å². The van der Waals surface area contributed by atoms with E-state index >= 15 is 0 Å². The molecule has 0 spiro atoms. The zero-order valence-corrected chi connectivity index (χ0v) is 16.8. The van der Waals surface area contributed by atoms with E-state index in [-0.39, 0.29) is 12.2 Å². The minimum absolute atomic E-state index is 0.287. The van der Waals surface area contributed by atoms with Gasteiger partial charge in [-0.25, -0.2) is 14.4 Å². The second kappa shape index (κ2) is 8.80. The van der Waals surface area contributed by atoms with Crippen molar-refractivity contribution in [2.24, 2.45) is 0 Å². The number of alkyl carbamates (subject to hydrolysis) is 1. The van der Waals surface area contributed by atoms with Crippen LogP contribution in [0.4, 0.5) is 9.59 Å². The molecule has 0 unspecified atom stereocenters. The lowest BCUT2D eigenvalue weighted by molar-refractivity contribution is -0.164. The molecule has 154 valence electrons. The van der Waals surface area contributed by atoms with Crippen LogP contribution in [0, 0.1) is 0 Å². The van der Waals surface area contributed by atoms with Gasteiger partial charge in [0.05, 0.1) is 7.11 Å².